The second kappa shape index (κ2) is 7.03. The van der Waals surface area contributed by atoms with E-state index in [-0.39, 0.29) is 0 Å². The fraction of sp³-hybridized carbons (Fsp3) is 0.571. The molecular weight excluding hydrogens is 260 g/mol. The van der Waals surface area contributed by atoms with Crippen LogP contribution in [0.25, 0.3) is 0 Å². The van der Waals surface area contributed by atoms with Crippen molar-refractivity contribution < 1.29 is 8.42 Å². The van der Waals surface area contributed by atoms with Gasteiger partial charge in [0, 0.05) is 13.1 Å². The highest BCUT2D eigenvalue weighted by atomic mass is 32.2. The maximum Gasteiger partial charge on any atom is 0.243 e. The summed E-state index contributed by atoms with van der Waals surface area (Å²) >= 11 is 0. The van der Waals surface area contributed by atoms with Gasteiger partial charge in [-0.2, -0.15) is 4.31 Å². The van der Waals surface area contributed by atoms with Crippen LogP contribution in [0.4, 0.5) is 0 Å². The summed E-state index contributed by atoms with van der Waals surface area (Å²) in [5.74, 6) is 0. The van der Waals surface area contributed by atoms with Crippen LogP contribution in [-0.2, 0) is 10.0 Å². The van der Waals surface area contributed by atoms with Crippen molar-refractivity contribution in [2.24, 2.45) is 5.73 Å². The molecule has 108 valence electrons. The lowest BCUT2D eigenvalue weighted by atomic mass is 10.2. The smallest absolute Gasteiger partial charge is 0.243 e. The third-order valence-corrected chi connectivity index (χ3v) is 5.09. The van der Waals surface area contributed by atoms with Crippen LogP contribution >= 0.6 is 0 Å². The Labute approximate surface area is 116 Å². The SMILES string of the molecule is CCCN(CCCN)S(=O)(=O)c1ccc(C)cc1C. The minimum Gasteiger partial charge on any atom is -0.330 e. The fourth-order valence-electron chi connectivity index (χ4n) is 2.10. The van der Waals surface area contributed by atoms with Crippen molar-refractivity contribution in [1.29, 1.82) is 0 Å². The molecule has 0 aliphatic heterocycles. The van der Waals surface area contributed by atoms with E-state index in [4.69, 9.17) is 5.73 Å². The molecule has 0 saturated carbocycles. The van der Waals surface area contributed by atoms with Gasteiger partial charge in [0.25, 0.3) is 0 Å². The van der Waals surface area contributed by atoms with Crippen molar-refractivity contribution >= 4 is 10.0 Å². The molecule has 0 aliphatic carbocycles. The monoisotopic (exact) mass is 284 g/mol. The Morgan fingerprint density at radius 3 is 2.42 bits per heavy atom. The van der Waals surface area contributed by atoms with E-state index in [1.165, 1.54) is 4.31 Å². The summed E-state index contributed by atoms with van der Waals surface area (Å²) in [6.45, 7) is 7.31. The Bertz CT molecular complexity index is 512. The van der Waals surface area contributed by atoms with E-state index in [2.05, 4.69) is 0 Å². The highest BCUT2D eigenvalue weighted by molar-refractivity contribution is 7.89. The van der Waals surface area contributed by atoms with Gasteiger partial charge in [-0.15, -0.1) is 0 Å². The normalized spacial score (nSPS) is 12.1. The number of sulfonamides is 1. The van der Waals surface area contributed by atoms with Crippen molar-refractivity contribution in [2.45, 2.75) is 38.5 Å². The van der Waals surface area contributed by atoms with Crippen molar-refractivity contribution in [3.05, 3.63) is 29.3 Å². The summed E-state index contributed by atoms with van der Waals surface area (Å²) in [5.41, 5.74) is 7.35. The van der Waals surface area contributed by atoms with Crippen LogP contribution in [0.3, 0.4) is 0 Å². The lowest BCUT2D eigenvalue weighted by molar-refractivity contribution is 0.406. The average Bonchev–Trinajstić information content (AvgIpc) is 2.33. The maximum atomic E-state index is 12.6. The molecule has 0 unspecified atom stereocenters. The molecule has 0 radical (unpaired) electrons. The lowest BCUT2D eigenvalue weighted by Crippen LogP contribution is -2.34. The zero-order chi connectivity index (χ0) is 14.5. The molecule has 4 nitrogen and oxygen atoms in total. The Morgan fingerprint density at radius 1 is 1.21 bits per heavy atom. The van der Waals surface area contributed by atoms with E-state index in [1.54, 1.807) is 6.07 Å². The molecule has 0 aromatic heterocycles. The molecule has 2 N–H and O–H groups in total. The highest BCUT2D eigenvalue weighted by Crippen LogP contribution is 2.21. The second-order valence-electron chi connectivity index (χ2n) is 4.82. The van der Waals surface area contributed by atoms with Gasteiger partial charge >= 0.3 is 0 Å². The van der Waals surface area contributed by atoms with E-state index >= 15 is 0 Å². The molecule has 0 amide bonds. The van der Waals surface area contributed by atoms with Gasteiger partial charge in [-0.25, -0.2) is 8.42 Å². The molecule has 0 saturated heterocycles. The van der Waals surface area contributed by atoms with E-state index < -0.39 is 10.0 Å². The first-order valence-corrected chi connectivity index (χ1v) is 8.15. The molecule has 0 fully saturated rings. The lowest BCUT2D eigenvalue weighted by Gasteiger charge is -2.22. The van der Waals surface area contributed by atoms with Gasteiger partial charge in [-0.1, -0.05) is 24.6 Å². The van der Waals surface area contributed by atoms with Crippen molar-refractivity contribution in [1.82, 2.24) is 4.31 Å². The van der Waals surface area contributed by atoms with Gasteiger partial charge in [-0.05, 0) is 44.9 Å². The van der Waals surface area contributed by atoms with Gasteiger partial charge in [0.1, 0.15) is 0 Å². The topological polar surface area (TPSA) is 63.4 Å². The number of aryl methyl sites for hydroxylation is 2. The third-order valence-electron chi connectivity index (χ3n) is 3.03. The summed E-state index contributed by atoms with van der Waals surface area (Å²) in [6.07, 6.45) is 1.48. The summed E-state index contributed by atoms with van der Waals surface area (Å²) in [7, 11) is -3.41. The van der Waals surface area contributed by atoms with E-state index in [1.807, 2.05) is 32.9 Å². The first-order valence-electron chi connectivity index (χ1n) is 6.71. The zero-order valence-electron chi connectivity index (χ0n) is 12.0. The summed E-state index contributed by atoms with van der Waals surface area (Å²) in [4.78, 5) is 0.406. The summed E-state index contributed by atoms with van der Waals surface area (Å²) in [5, 5.41) is 0. The largest absolute Gasteiger partial charge is 0.330 e. The predicted molar refractivity (Wildman–Crippen MR) is 78.6 cm³/mol. The maximum absolute atomic E-state index is 12.6. The molecule has 0 heterocycles. The Kier molecular flexibility index (Phi) is 5.97. The first kappa shape index (κ1) is 16.1. The first-order chi connectivity index (χ1) is 8.93. The molecule has 1 aromatic rings. The number of nitrogens with two attached hydrogens (primary N) is 1. The van der Waals surface area contributed by atoms with Gasteiger partial charge in [0.05, 0.1) is 4.90 Å². The fourth-order valence-corrected chi connectivity index (χ4v) is 3.87. The summed E-state index contributed by atoms with van der Waals surface area (Å²) in [6, 6.07) is 5.44. The number of hydrogen-bond acceptors (Lipinski definition) is 3. The number of rotatable bonds is 7. The van der Waals surface area contributed by atoms with Crippen LogP contribution in [0.1, 0.15) is 30.9 Å². The molecule has 0 atom stereocenters. The summed E-state index contributed by atoms with van der Waals surface area (Å²) < 4.78 is 26.8. The molecule has 5 heteroatoms. The van der Waals surface area contributed by atoms with Gasteiger partial charge < -0.3 is 5.73 Å². The molecular formula is C14H24N2O2S. The number of nitrogens with zero attached hydrogens (tertiary/aromatic N) is 1. The molecule has 0 spiro atoms. The molecule has 0 bridgehead atoms. The predicted octanol–water partition coefficient (Wildman–Crippen LogP) is 2.05. The second-order valence-corrected chi connectivity index (χ2v) is 6.72. The van der Waals surface area contributed by atoms with Gasteiger partial charge in [0.15, 0.2) is 0 Å². The van der Waals surface area contributed by atoms with Crippen LogP contribution < -0.4 is 5.73 Å². The Hall–Kier alpha value is -0.910. The van der Waals surface area contributed by atoms with Crippen LogP contribution in [0.5, 0.6) is 0 Å². The van der Waals surface area contributed by atoms with Crippen LogP contribution in [-0.4, -0.2) is 32.4 Å². The van der Waals surface area contributed by atoms with E-state index in [9.17, 15) is 8.42 Å². The molecule has 0 aliphatic rings. The Morgan fingerprint density at radius 2 is 1.89 bits per heavy atom. The quantitative estimate of drug-likeness (QED) is 0.833. The van der Waals surface area contributed by atoms with Crippen molar-refractivity contribution in [3.8, 4) is 0 Å². The number of benzene rings is 1. The minimum atomic E-state index is -3.41. The van der Waals surface area contributed by atoms with Gasteiger partial charge in [0.2, 0.25) is 10.0 Å². The van der Waals surface area contributed by atoms with Crippen LogP contribution in [0, 0.1) is 13.8 Å². The third kappa shape index (κ3) is 4.03. The standard InChI is InChI=1S/C14H24N2O2S/c1-4-9-16(10-5-8-15)19(17,18)14-7-6-12(2)11-13(14)3/h6-7,11H,4-5,8-10,15H2,1-3H3. The van der Waals surface area contributed by atoms with Gasteiger partial charge in [-0.3, -0.25) is 0 Å². The van der Waals surface area contributed by atoms with Crippen LogP contribution in [0.15, 0.2) is 23.1 Å². The van der Waals surface area contributed by atoms with E-state index in [0.717, 1.165) is 17.5 Å². The van der Waals surface area contributed by atoms with E-state index in [0.29, 0.717) is 31.0 Å². The zero-order valence-corrected chi connectivity index (χ0v) is 12.8. The molecule has 1 rings (SSSR count). The Balaban J connectivity index is 3.11. The van der Waals surface area contributed by atoms with Crippen LogP contribution in [0.2, 0.25) is 0 Å². The molecule has 1 aromatic carbocycles. The van der Waals surface area contributed by atoms with Crippen molar-refractivity contribution in [2.75, 3.05) is 19.6 Å². The minimum absolute atomic E-state index is 0.406. The number of hydrogen-bond donors (Lipinski definition) is 1. The van der Waals surface area contributed by atoms with Crippen molar-refractivity contribution in [3.63, 3.8) is 0 Å². The average molecular weight is 284 g/mol. The molecule has 19 heavy (non-hydrogen) atoms. The highest BCUT2D eigenvalue weighted by Gasteiger charge is 2.24.